The summed E-state index contributed by atoms with van der Waals surface area (Å²) in [6.07, 6.45) is 5.79. The van der Waals surface area contributed by atoms with Gasteiger partial charge in [-0.1, -0.05) is 35.4 Å². The van der Waals surface area contributed by atoms with Crippen molar-refractivity contribution in [1.82, 2.24) is 9.88 Å². The van der Waals surface area contributed by atoms with Crippen LogP contribution in [0.4, 0.5) is 5.69 Å². The number of carbonyl (C=O) groups is 1. The highest BCUT2D eigenvalue weighted by Crippen LogP contribution is 2.30. The highest BCUT2D eigenvalue weighted by molar-refractivity contribution is 6.31. The van der Waals surface area contributed by atoms with E-state index in [9.17, 15) is 4.79 Å². The zero-order valence-corrected chi connectivity index (χ0v) is 19.4. The molecule has 2 aliphatic heterocycles. The maximum atomic E-state index is 10.3. The SMILES string of the molecule is Clc1ccc2c(N3CC(CN4CCCCC4)N=N3)ccnc2c1.O.O=C(O)c1ccccc1O. The number of anilines is 1. The van der Waals surface area contributed by atoms with E-state index in [1.165, 1.54) is 44.5 Å². The summed E-state index contributed by atoms with van der Waals surface area (Å²) in [6, 6.07) is 13.9. The lowest BCUT2D eigenvalue weighted by molar-refractivity contribution is 0.0693. The van der Waals surface area contributed by atoms with Crippen LogP contribution in [0.5, 0.6) is 5.75 Å². The van der Waals surface area contributed by atoms with Crippen molar-refractivity contribution < 1.29 is 20.5 Å². The van der Waals surface area contributed by atoms with Crippen molar-refractivity contribution in [3.05, 3.63) is 65.3 Å². The number of carboxylic acids is 1. The Hall–Kier alpha value is -3.27. The smallest absolute Gasteiger partial charge is 0.339 e. The van der Waals surface area contributed by atoms with E-state index in [1.54, 1.807) is 12.1 Å². The summed E-state index contributed by atoms with van der Waals surface area (Å²) in [7, 11) is 0. The van der Waals surface area contributed by atoms with Gasteiger partial charge in [0, 0.05) is 23.2 Å². The fraction of sp³-hybridized carbons (Fsp3) is 0.333. The molecule has 0 radical (unpaired) electrons. The number of halogens is 1. The first-order valence-corrected chi connectivity index (χ1v) is 11.4. The normalized spacial score (nSPS) is 17.7. The quantitative estimate of drug-likeness (QED) is 0.569. The molecule has 34 heavy (non-hydrogen) atoms. The predicted octanol–water partition coefficient (Wildman–Crippen LogP) is 4.20. The molecule has 9 nitrogen and oxygen atoms in total. The molecule has 0 saturated carbocycles. The van der Waals surface area contributed by atoms with E-state index >= 15 is 0 Å². The highest BCUT2D eigenvalue weighted by Gasteiger charge is 2.24. The number of rotatable bonds is 4. The number of aromatic hydroxyl groups is 1. The molecule has 180 valence electrons. The molecule has 10 heteroatoms. The maximum absolute atomic E-state index is 10.3. The molecule has 1 saturated heterocycles. The average molecular weight is 486 g/mol. The van der Waals surface area contributed by atoms with Gasteiger partial charge < -0.3 is 20.6 Å². The Balaban J connectivity index is 0.000000250. The number of carboxylic acid groups (broad SMARTS) is 1. The van der Waals surface area contributed by atoms with E-state index in [4.69, 9.17) is 21.8 Å². The average Bonchev–Trinajstić information content (AvgIpc) is 3.28. The summed E-state index contributed by atoms with van der Waals surface area (Å²) in [6.45, 7) is 4.23. The maximum Gasteiger partial charge on any atom is 0.339 e. The topological polar surface area (TPSA) is 133 Å². The second-order valence-corrected chi connectivity index (χ2v) is 8.55. The van der Waals surface area contributed by atoms with E-state index < -0.39 is 5.97 Å². The van der Waals surface area contributed by atoms with Gasteiger partial charge in [0.25, 0.3) is 0 Å². The molecular formula is C24H28ClN5O4. The fourth-order valence-electron chi connectivity index (χ4n) is 4.07. The molecule has 0 spiro atoms. The summed E-state index contributed by atoms with van der Waals surface area (Å²) in [5.41, 5.74) is 1.88. The molecule has 1 fully saturated rings. The predicted molar refractivity (Wildman–Crippen MR) is 132 cm³/mol. The lowest BCUT2D eigenvalue weighted by Crippen LogP contribution is -2.37. The molecule has 2 aromatic carbocycles. The van der Waals surface area contributed by atoms with Crippen LogP contribution in [-0.4, -0.2) is 63.8 Å². The molecule has 1 unspecified atom stereocenters. The number of likely N-dealkylation sites (tertiary alicyclic amines) is 1. The van der Waals surface area contributed by atoms with Gasteiger partial charge in [-0.05, 0) is 62.3 Å². The zero-order valence-electron chi connectivity index (χ0n) is 18.6. The van der Waals surface area contributed by atoms with Crippen LogP contribution in [0.2, 0.25) is 5.02 Å². The Morgan fingerprint density at radius 2 is 1.85 bits per heavy atom. The Labute approximate surface area is 202 Å². The van der Waals surface area contributed by atoms with E-state index in [2.05, 4.69) is 20.2 Å². The lowest BCUT2D eigenvalue weighted by Gasteiger charge is -2.27. The molecule has 2 aliphatic rings. The van der Waals surface area contributed by atoms with Crippen molar-refractivity contribution in [3.8, 4) is 5.75 Å². The number of phenols is 1. The molecule has 3 aromatic rings. The van der Waals surface area contributed by atoms with E-state index in [1.807, 2.05) is 35.5 Å². The minimum atomic E-state index is -1.11. The Bertz CT molecular complexity index is 1150. The number of nitrogens with zero attached hydrogens (tertiary/aromatic N) is 5. The largest absolute Gasteiger partial charge is 0.507 e. The molecule has 1 aromatic heterocycles. The van der Waals surface area contributed by atoms with Crippen LogP contribution in [-0.2, 0) is 0 Å². The molecule has 1 atom stereocenters. The van der Waals surface area contributed by atoms with E-state index in [0.717, 1.165) is 29.7 Å². The second-order valence-electron chi connectivity index (χ2n) is 8.12. The van der Waals surface area contributed by atoms with Crippen molar-refractivity contribution in [3.63, 3.8) is 0 Å². The van der Waals surface area contributed by atoms with Gasteiger partial charge in [0.05, 0.1) is 17.7 Å². The third kappa shape index (κ3) is 6.19. The van der Waals surface area contributed by atoms with Gasteiger partial charge in [0.1, 0.15) is 17.4 Å². The van der Waals surface area contributed by atoms with Crippen molar-refractivity contribution in [2.45, 2.75) is 25.3 Å². The lowest BCUT2D eigenvalue weighted by atomic mass is 10.1. The fourth-order valence-corrected chi connectivity index (χ4v) is 4.24. The molecule has 4 N–H and O–H groups in total. The molecule has 3 heterocycles. The number of piperidine rings is 1. The summed E-state index contributed by atoms with van der Waals surface area (Å²) >= 11 is 6.06. The first-order valence-electron chi connectivity index (χ1n) is 11.0. The van der Waals surface area contributed by atoms with Gasteiger partial charge in [0.2, 0.25) is 0 Å². The zero-order chi connectivity index (χ0) is 23.2. The van der Waals surface area contributed by atoms with Crippen molar-refractivity contribution in [1.29, 1.82) is 0 Å². The van der Waals surface area contributed by atoms with Crippen LogP contribution < -0.4 is 5.01 Å². The first kappa shape index (κ1) is 25.4. The van der Waals surface area contributed by atoms with Gasteiger partial charge in [-0.15, -0.1) is 0 Å². The minimum Gasteiger partial charge on any atom is -0.507 e. The number of hydrogen-bond acceptors (Lipinski definition) is 7. The first-order chi connectivity index (χ1) is 16.0. The number of pyridine rings is 1. The highest BCUT2D eigenvalue weighted by atomic mass is 35.5. The number of aromatic carboxylic acids is 1. The minimum absolute atomic E-state index is 0. The van der Waals surface area contributed by atoms with Crippen LogP contribution in [0.25, 0.3) is 10.9 Å². The standard InChI is InChI=1S/C17H20ClN5.C7H6O3.H2O/c18-13-4-5-15-16(10-13)19-7-6-17(15)23-12-14(20-21-23)11-22-8-2-1-3-9-22;8-6-4-2-1-3-5(6)7(9)10;/h4-7,10,14H,1-3,8-9,11-12H2;1-4,8H,(H,9,10);1H2. The molecular weight excluding hydrogens is 458 g/mol. The summed E-state index contributed by atoms with van der Waals surface area (Å²) < 4.78 is 0. The summed E-state index contributed by atoms with van der Waals surface area (Å²) in [5.74, 6) is -1.31. The molecule has 0 amide bonds. The molecule has 0 aliphatic carbocycles. The second kappa shape index (κ2) is 11.7. The van der Waals surface area contributed by atoms with Crippen molar-refractivity contribution >= 4 is 34.2 Å². The van der Waals surface area contributed by atoms with Crippen molar-refractivity contribution in [2.24, 2.45) is 10.3 Å². The number of hydrogen-bond donors (Lipinski definition) is 2. The monoisotopic (exact) mass is 485 g/mol. The van der Waals surface area contributed by atoms with E-state index in [0.29, 0.717) is 5.02 Å². The number of aromatic nitrogens is 1. The Morgan fingerprint density at radius 3 is 2.56 bits per heavy atom. The number of benzene rings is 2. The van der Waals surface area contributed by atoms with Crippen LogP contribution in [0, 0.1) is 0 Å². The van der Waals surface area contributed by atoms with Gasteiger partial charge in [-0.25, -0.2) is 9.80 Å². The summed E-state index contributed by atoms with van der Waals surface area (Å²) in [4.78, 5) is 17.2. The third-order valence-corrected chi connectivity index (χ3v) is 5.95. The summed E-state index contributed by atoms with van der Waals surface area (Å²) in [5, 5.41) is 29.9. The van der Waals surface area contributed by atoms with Gasteiger partial charge in [-0.3, -0.25) is 4.98 Å². The van der Waals surface area contributed by atoms with Crippen LogP contribution in [0.15, 0.2) is 65.1 Å². The van der Waals surface area contributed by atoms with Crippen LogP contribution in [0.1, 0.15) is 29.6 Å². The Morgan fingerprint density at radius 1 is 1.09 bits per heavy atom. The molecule has 5 rings (SSSR count). The van der Waals surface area contributed by atoms with Gasteiger partial charge in [0.15, 0.2) is 0 Å². The Kier molecular flexibility index (Phi) is 8.75. The number of para-hydroxylation sites is 1. The van der Waals surface area contributed by atoms with Crippen LogP contribution in [0.3, 0.4) is 0 Å². The van der Waals surface area contributed by atoms with E-state index in [-0.39, 0.29) is 22.8 Å². The van der Waals surface area contributed by atoms with Gasteiger partial charge >= 0.3 is 5.97 Å². The van der Waals surface area contributed by atoms with Crippen LogP contribution >= 0.6 is 11.6 Å². The molecule has 0 bridgehead atoms. The third-order valence-electron chi connectivity index (χ3n) is 5.72. The number of fused-ring (bicyclic) bond motifs is 1. The van der Waals surface area contributed by atoms with Crippen molar-refractivity contribution in [2.75, 3.05) is 31.2 Å². The van der Waals surface area contributed by atoms with Gasteiger partial charge in [-0.2, -0.15) is 5.11 Å².